The predicted molar refractivity (Wildman–Crippen MR) is 120 cm³/mol. The van der Waals surface area contributed by atoms with Crippen molar-refractivity contribution in [2.75, 3.05) is 13.1 Å². The van der Waals surface area contributed by atoms with Crippen LogP contribution in [0.25, 0.3) is 6.08 Å². The van der Waals surface area contributed by atoms with Crippen LogP contribution in [0.3, 0.4) is 0 Å². The van der Waals surface area contributed by atoms with E-state index < -0.39 is 11.9 Å². The Hall–Kier alpha value is -3.74. The van der Waals surface area contributed by atoms with Crippen LogP contribution in [0.15, 0.2) is 71.3 Å². The molecule has 32 heavy (non-hydrogen) atoms. The summed E-state index contributed by atoms with van der Waals surface area (Å²) >= 11 is 0. The molecule has 0 radical (unpaired) electrons. The molecule has 2 unspecified atom stereocenters. The van der Waals surface area contributed by atoms with E-state index in [0.29, 0.717) is 0 Å². The van der Waals surface area contributed by atoms with Crippen LogP contribution in [0.4, 0.5) is 4.79 Å². The molecular weight excluding hydrogens is 404 g/mol. The van der Waals surface area contributed by atoms with Crippen LogP contribution in [0.2, 0.25) is 0 Å². The average Bonchev–Trinajstić information content (AvgIpc) is 3.36. The minimum absolute atomic E-state index is 0.0741. The molecule has 1 N–H and O–H groups in total. The van der Waals surface area contributed by atoms with Gasteiger partial charge in [-0.2, -0.15) is 5.10 Å². The molecule has 7 heteroatoms. The number of carbonyl (C=O) groups excluding carboxylic acids is 3. The Labute approximate surface area is 186 Å². The van der Waals surface area contributed by atoms with Crippen LogP contribution in [0.1, 0.15) is 36.4 Å². The third kappa shape index (κ3) is 3.70. The Kier molecular flexibility index (Phi) is 5.31. The number of imide groups is 1. The third-order valence-corrected chi connectivity index (χ3v) is 6.27. The molecule has 1 saturated heterocycles. The molecule has 2 fully saturated rings. The van der Waals surface area contributed by atoms with E-state index in [0.717, 1.165) is 46.6 Å². The summed E-state index contributed by atoms with van der Waals surface area (Å²) in [7, 11) is 0. The van der Waals surface area contributed by atoms with Crippen LogP contribution >= 0.6 is 0 Å². The summed E-state index contributed by atoms with van der Waals surface area (Å²) < 4.78 is 0. The molecule has 4 amide bonds. The lowest BCUT2D eigenvalue weighted by Crippen LogP contribution is -2.42. The van der Waals surface area contributed by atoms with Crippen molar-refractivity contribution in [3.8, 4) is 0 Å². The number of hydrogen-bond donors (Lipinski definition) is 1. The SMILES string of the molecule is O=C1CNC(=O)N1CC(=O)N1N=C2C(=Cc3ccccc3)CCCC2C1c1ccccc1. The van der Waals surface area contributed by atoms with Crippen LogP contribution < -0.4 is 5.32 Å². The van der Waals surface area contributed by atoms with Gasteiger partial charge in [0.15, 0.2) is 0 Å². The molecule has 2 aliphatic heterocycles. The summed E-state index contributed by atoms with van der Waals surface area (Å²) in [6, 6.07) is 19.2. The first-order chi connectivity index (χ1) is 15.6. The van der Waals surface area contributed by atoms with E-state index >= 15 is 0 Å². The summed E-state index contributed by atoms with van der Waals surface area (Å²) in [5, 5.41) is 8.76. The van der Waals surface area contributed by atoms with Gasteiger partial charge in [-0.15, -0.1) is 0 Å². The number of allylic oxidation sites excluding steroid dienone is 1. The largest absolute Gasteiger partial charge is 0.329 e. The van der Waals surface area contributed by atoms with E-state index in [1.807, 2.05) is 48.5 Å². The fourth-order valence-corrected chi connectivity index (χ4v) is 4.76. The van der Waals surface area contributed by atoms with Crippen LogP contribution in [-0.4, -0.2) is 46.6 Å². The summed E-state index contributed by atoms with van der Waals surface area (Å²) in [5.41, 5.74) is 4.17. The number of urea groups is 1. The predicted octanol–water partition coefficient (Wildman–Crippen LogP) is 3.36. The number of fused-ring (bicyclic) bond motifs is 1. The van der Waals surface area contributed by atoms with E-state index in [-0.39, 0.29) is 31.0 Å². The molecule has 0 spiro atoms. The molecule has 2 heterocycles. The van der Waals surface area contributed by atoms with Crippen molar-refractivity contribution in [1.82, 2.24) is 15.2 Å². The van der Waals surface area contributed by atoms with Crippen molar-refractivity contribution < 1.29 is 14.4 Å². The second-order valence-corrected chi connectivity index (χ2v) is 8.30. The maximum atomic E-state index is 13.3. The maximum Gasteiger partial charge on any atom is 0.325 e. The fourth-order valence-electron chi connectivity index (χ4n) is 4.76. The van der Waals surface area contributed by atoms with Crippen LogP contribution in [0, 0.1) is 5.92 Å². The Bertz CT molecular complexity index is 1090. The maximum absolute atomic E-state index is 13.3. The topological polar surface area (TPSA) is 82.1 Å². The summed E-state index contributed by atoms with van der Waals surface area (Å²) in [4.78, 5) is 38.3. The van der Waals surface area contributed by atoms with Gasteiger partial charge in [-0.05, 0) is 42.0 Å². The number of benzene rings is 2. The zero-order valence-electron chi connectivity index (χ0n) is 17.6. The van der Waals surface area contributed by atoms with Gasteiger partial charge in [0.05, 0.1) is 18.3 Å². The van der Waals surface area contributed by atoms with Gasteiger partial charge in [-0.25, -0.2) is 9.80 Å². The highest BCUT2D eigenvalue weighted by molar-refractivity contribution is 6.09. The molecule has 0 aromatic heterocycles. The molecule has 7 nitrogen and oxygen atoms in total. The van der Waals surface area contributed by atoms with E-state index in [1.54, 1.807) is 0 Å². The number of amides is 4. The normalized spacial score (nSPS) is 23.9. The minimum atomic E-state index is -0.534. The van der Waals surface area contributed by atoms with Crippen molar-refractivity contribution in [2.45, 2.75) is 25.3 Å². The molecular formula is C25H24N4O3. The van der Waals surface area contributed by atoms with Gasteiger partial charge in [-0.3, -0.25) is 14.5 Å². The average molecular weight is 428 g/mol. The standard InChI is InChI=1S/C25H24N4O3/c30-21-15-26-25(32)28(21)16-22(31)29-24(18-10-5-2-6-11-18)20-13-7-12-19(23(20)27-29)14-17-8-3-1-4-9-17/h1-6,8-11,14,20,24H,7,12-13,15-16H2,(H,26,32). The van der Waals surface area contributed by atoms with Gasteiger partial charge in [0, 0.05) is 5.92 Å². The summed E-state index contributed by atoms with van der Waals surface area (Å²) in [6.07, 6.45) is 5.00. The number of hydrazone groups is 1. The summed E-state index contributed by atoms with van der Waals surface area (Å²) in [5.74, 6) is -0.674. The molecule has 1 saturated carbocycles. The molecule has 5 rings (SSSR count). The molecule has 1 aliphatic carbocycles. The lowest BCUT2D eigenvalue weighted by molar-refractivity contribution is -0.138. The first-order valence-electron chi connectivity index (χ1n) is 10.9. The van der Waals surface area contributed by atoms with Gasteiger partial charge < -0.3 is 5.32 Å². The van der Waals surface area contributed by atoms with Gasteiger partial charge in [-0.1, -0.05) is 60.7 Å². The Morgan fingerprint density at radius 1 is 1.06 bits per heavy atom. The van der Waals surface area contributed by atoms with Crippen molar-refractivity contribution in [2.24, 2.45) is 11.0 Å². The zero-order chi connectivity index (χ0) is 22.1. The molecule has 2 aromatic rings. The van der Waals surface area contributed by atoms with E-state index in [9.17, 15) is 14.4 Å². The van der Waals surface area contributed by atoms with Gasteiger partial charge >= 0.3 is 6.03 Å². The third-order valence-electron chi connectivity index (χ3n) is 6.27. The van der Waals surface area contributed by atoms with E-state index in [4.69, 9.17) is 5.10 Å². The fraction of sp³-hybridized carbons (Fsp3) is 0.280. The lowest BCUT2D eigenvalue weighted by Gasteiger charge is -2.30. The lowest BCUT2D eigenvalue weighted by atomic mass is 9.77. The Balaban J connectivity index is 1.50. The molecule has 2 atom stereocenters. The number of rotatable bonds is 4. The number of hydrogen-bond acceptors (Lipinski definition) is 4. The quantitative estimate of drug-likeness (QED) is 0.758. The Morgan fingerprint density at radius 3 is 2.47 bits per heavy atom. The highest BCUT2D eigenvalue weighted by Gasteiger charge is 2.44. The van der Waals surface area contributed by atoms with Crippen molar-refractivity contribution in [1.29, 1.82) is 0 Å². The van der Waals surface area contributed by atoms with Gasteiger partial charge in [0.2, 0.25) is 0 Å². The summed E-state index contributed by atoms with van der Waals surface area (Å²) in [6.45, 7) is -0.384. The smallest absolute Gasteiger partial charge is 0.325 e. The molecule has 162 valence electrons. The highest BCUT2D eigenvalue weighted by Crippen LogP contribution is 2.44. The van der Waals surface area contributed by atoms with Crippen LogP contribution in [0.5, 0.6) is 0 Å². The number of carbonyl (C=O) groups is 3. The molecule has 3 aliphatic rings. The first-order valence-corrected chi connectivity index (χ1v) is 10.9. The number of nitrogens with one attached hydrogen (secondary N) is 1. The molecule has 0 bridgehead atoms. The zero-order valence-corrected chi connectivity index (χ0v) is 17.6. The Morgan fingerprint density at radius 2 is 1.78 bits per heavy atom. The second kappa shape index (κ2) is 8.42. The minimum Gasteiger partial charge on any atom is -0.329 e. The van der Waals surface area contributed by atoms with Gasteiger partial charge in [0.25, 0.3) is 11.8 Å². The number of nitrogens with zero attached hydrogens (tertiary/aromatic N) is 3. The second-order valence-electron chi connectivity index (χ2n) is 8.30. The first kappa shape index (κ1) is 20.2. The monoisotopic (exact) mass is 428 g/mol. The van der Waals surface area contributed by atoms with Gasteiger partial charge in [0.1, 0.15) is 6.54 Å². The van der Waals surface area contributed by atoms with E-state index in [2.05, 4.69) is 23.5 Å². The van der Waals surface area contributed by atoms with Crippen molar-refractivity contribution in [3.63, 3.8) is 0 Å². The van der Waals surface area contributed by atoms with Crippen molar-refractivity contribution >= 4 is 29.6 Å². The highest BCUT2D eigenvalue weighted by atomic mass is 16.2. The molecule has 2 aromatic carbocycles. The van der Waals surface area contributed by atoms with Crippen molar-refractivity contribution in [3.05, 3.63) is 77.4 Å². The van der Waals surface area contributed by atoms with Crippen LogP contribution in [-0.2, 0) is 9.59 Å². The van der Waals surface area contributed by atoms with E-state index in [1.165, 1.54) is 5.01 Å².